The van der Waals surface area contributed by atoms with Crippen molar-refractivity contribution in [1.29, 1.82) is 0 Å². The Morgan fingerprint density at radius 1 is 1.09 bits per heavy atom. The van der Waals surface area contributed by atoms with Gasteiger partial charge in [0.1, 0.15) is 11.6 Å². The normalized spacial score (nSPS) is 20.8. The third kappa shape index (κ3) is 5.88. The maximum atomic E-state index is 14.1. The lowest BCUT2D eigenvalue weighted by molar-refractivity contribution is -0.120. The van der Waals surface area contributed by atoms with E-state index < -0.39 is 16.1 Å². The van der Waals surface area contributed by atoms with Gasteiger partial charge in [0, 0.05) is 37.1 Å². The quantitative estimate of drug-likeness (QED) is 0.258. The first-order valence-corrected chi connectivity index (χ1v) is 16.2. The number of carbonyl (C=O) groups is 1. The molecule has 1 N–H and O–H groups in total. The minimum Gasteiger partial charge on any atom is -0.337 e. The summed E-state index contributed by atoms with van der Waals surface area (Å²) in [5, 5.41) is 0. The molecule has 3 aromatic carbocycles. The summed E-state index contributed by atoms with van der Waals surface area (Å²) in [4.78, 5) is 20.6. The summed E-state index contributed by atoms with van der Waals surface area (Å²) >= 11 is 0. The van der Waals surface area contributed by atoms with E-state index in [9.17, 15) is 17.6 Å². The minimum absolute atomic E-state index is 0.0240. The van der Waals surface area contributed by atoms with Gasteiger partial charge in [-0.1, -0.05) is 49.7 Å². The lowest BCUT2D eigenvalue weighted by Gasteiger charge is -2.38. The number of aryl methyl sites for hydroxylation is 2. The largest absolute Gasteiger partial charge is 0.337 e. The predicted octanol–water partition coefficient (Wildman–Crippen LogP) is 6.30. The first-order chi connectivity index (χ1) is 20.4. The average molecular weight is 601 g/mol. The Labute approximate surface area is 252 Å². The van der Waals surface area contributed by atoms with E-state index >= 15 is 0 Å². The highest BCUT2D eigenvalue weighted by atomic mass is 32.2. The van der Waals surface area contributed by atoms with E-state index in [-0.39, 0.29) is 40.4 Å². The van der Waals surface area contributed by atoms with E-state index in [4.69, 9.17) is 0 Å². The standard InChI is InChI=1S/C34H37FN4O3S/c1-22-5-12-26(13-6-22)43(41,42)37-31-15-16-34(2,3)30-14-11-25(19-29(30)31)39(21-32-36-17-18-38(32)4)33(40)28-20-27(28)23-7-9-24(35)10-8-23/h5-14,17-19,27-28,31,37H,15-16,20-21H2,1-4H3/t27-,28-,31-/m0/s1. The van der Waals surface area contributed by atoms with Crippen molar-refractivity contribution in [2.75, 3.05) is 4.90 Å². The van der Waals surface area contributed by atoms with Crippen LogP contribution in [-0.2, 0) is 33.8 Å². The molecule has 1 fully saturated rings. The van der Waals surface area contributed by atoms with Crippen LogP contribution >= 0.6 is 0 Å². The maximum Gasteiger partial charge on any atom is 0.241 e. The van der Waals surface area contributed by atoms with Crippen LogP contribution in [0, 0.1) is 18.7 Å². The van der Waals surface area contributed by atoms with Gasteiger partial charge in [-0.25, -0.2) is 22.5 Å². The zero-order valence-electron chi connectivity index (χ0n) is 24.9. The van der Waals surface area contributed by atoms with E-state index in [1.165, 1.54) is 12.1 Å². The van der Waals surface area contributed by atoms with Crippen LogP contribution in [0.25, 0.3) is 0 Å². The molecule has 1 saturated carbocycles. The number of aromatic nitrogens is 2. The molecule has 7 nitrogen and oxygen atoms in total. The van der Waals surface area contributed by atoms with E-state index in [2.05, 4.69) is 23.6 Å². The number of halogens is 1. The summed E-state index contributed by atoms with van der Waals surface area (Å²) in [5.41, 5.74) is 4.44. The summed E-state index contributed by atoms with van der Waals surface area (Å²) < 4.78 is 45.3. The zero-order chi connectivity index (χ0) is 30.5. The van der Waals surface area contributed by atoms with Gasteiger partial charge < -0.3 is 9.47 Å². The van der Waals surface area contributed by atoms with Gasteiger partial charge in [-0.15, -0.1) is 0 Å². The van der Waals surface area contributed by atoms with E-state index in [0.717, 1.165) is 34.5 Å². The topological polar surface area (TPSA) is 84.3 Å². The number of hydrogen-bond acceptors (Lipinski definition) is 4. The monoisotopic (exact) mass is 600 g/mol. The maximum absolute atomic E-state index is 14.1. The van der Waals surface area contributed by atoms with Crippen LogP contribution in [0.5, 0.6) is 0 Å². The van der Waals surface area contributed by atoms with Crippen LogP contribution < -0.4 is 9.62 Å². The molecule has 0 aliphatic heterocycles. The number of hydrogen-bond donors (Lipinski definition) is 1. The molecule has 2 aliphatic rings. The highest BCUT2D eigenvalue weighted by Crippen LogP contribution is 2.50. The minimum atomic E-state index is -3.77. The first-order valence-electron chi connectivity index (χ1n) is 14.7. The molecule has 2 aliphatic carbocycles. The van der Waals surface area contributed by atoms with Gasteiger partial charge in [0.05, 0.1) is 11.4 Å². The summed E-state index contributed by atoms with van der Waals surface area (Å²) in [7, 11) is -1.87. The van der Waals surface area contributed by atoms with Crippen molar-refractivity contribution in [3.8, 4) is 0 Å². The second-order valence-corrected chi connectivity index (χ2v) is 14.3. The summed E-state index contributed by atoms with van der Waals surface area (Å²) in [5.74, 6) is 0.219. The van der Waals surface area contributed by atoms with Crippen molar-refractivity contribution in [2.45, 2.75) is 68.8 Å². The lowest BCUT2D eigenvalue weighted by atomic mass is 9.71. The first kappa shape index (κ1) is 29.3. The van der Waals surface area contributed by atoms with Crippen molar-refractivity contribution < 1.29 is 17.6 Å². The molecular weight excluding hydrogens is 563 g/mol. The Kier molecular flexibility index (Phi) is 7.50. The molecule has 3 atom stereocenters. The molecule has 0 bridgehead atoms. The molecule has 6 rings (SSSR count). The van der Waals surface area contributed by atoms with Gasteiger partial charge >= 0.3 is 0 Å². The summed E-state index contributed by atoms with van der Waals surface area (Å²) in [6.07, 6.45) is 5.71. The van der Waals surface area contributed by atoms with Gasteiger partial charge in [0.25, 0.3) is 0 Å². The molecule has 4 aromatic rings. The van der Waals surface area contributed by atoms with Crippen LogP contribution in [0.15, 0.2) is 84.0 Å². The highest BCUT2D eigenvalue weighted by Gasteiger charge is 2.46. The van der Waals surface area contributed by atoms with Gasteiger partial charge in [-0.05, 0) is 90.6 Å². The van der Waals surface area contributed by atoms with Gasteiger partial charge in [0.15, 0.2) is 0 Å². The van der Waals surface area contributed by atoms with Crippen molar-refractivity contribution >= 4 is 21.6 Å². The number of nitrogens with zero attached hydrogens (tertiary/aromatic N) is 3. The lowest BCUT2D eigenvalue weighted by Crippen LogP contribution is -2.37. The number of amides is 1. The molecule has 0 radical (unpaired) electrons. The molecule has 0 spiro atoms. The molecule has 9 heteroatoms. The number of fused-ring (bicyclic) bond motifs is 1. The van der Waals surface area contributed by atoms with Crippen molar-refractivity contribution in [1.82, 2.24) is 14.3 Å². The van der Waals surface area contributed by atoms with Crippen LogP contribution in [-0.4, -0.2) is 23.9 Å². The zero-order valence-corrected chi connectivity index (χ0v) is 25.7. The van der Waals surface area contributed by atoms with Gasteiger partial charge in [0.2, 0.25) is 15.9 Å². The Balaban J connectivity index is 1.35. The molecule has 0 unspecified atom stereocenters. The number of carbonyl (C=O) groups excluding carboxylic acids is 1. The summed E-state index contributed by atoms with van der Waals surface area (Å²) in [6.45, 7) is 6.54. The predicted molar refractivity (Wildman–Crippen MR) is 165 cm³/mol. The average Bonchev–Trinajstić information content (AvgIpc) is 3.67. The van der Waals surface area contributed by atoms with E-state index in [1.807, 2.05) is 42.9 Å². The Bertz CT molecular complexity index is 1760. The third-order valence-corrected chi connectivity index (χ3v) is 10.5. The molecule has 1 aromatic heterocycles. The molecular formula is C34H37FN4O3S. The molecule has 0 saturated heterocycles. The second kappa shape index (κ2) is 11.0. The smallest absolute Gasteiger partial charge is 0.241 e. The number of benzene rings is 3. The number of nitrogens with one attached hydrogen (secondary N) is 1. The Hall–Kier alpha value is -3.82. The number of sulfonamides is 1. The van der Waals surface area contributed by atoms with Crippen LogP contribution in [0.1, 0.15) is 73.1 Å². The fraction of sp³-hybridized carbons (Fsp3) is 0.353. The molecule has 1 amide bonds. The SMILES string of the molecule is Cc1ccc(S(=O)(=O)N[C@H]2CCC(C)(C)c3ccc(N(Cc4nccn4C)C(=O)[C@H]4C[C@H]4c4ccc(F)cc4)cc32)cc1. The summed E-state index contributed by atoms with van der Waals surface area (Å²) in [6, 6.07) is 18.8. The number of anilines is 1. The van der Waals surface area contributed by atoms with Crippen molar-refractivity contribution in [2.24, 2.45) is 13.0 Å². The van der Waals surface area contributed by atoms with Crippen LogP contribution in [0.2, 0.25) is 0 Å². The Morgan fingerprint density at radius 2 is 1.81 bits per heavy atom. The number of imidazole rings is 1. The van der Waals surface area contributed by atoms with E-state index in [1.54, 1.807) is 47.5 Å². The Morgan fingerprint density at radius 3 is 2.49 bits per heavy atom. The number of rotatable bonds is 8. The van der Waals surface area contributed by atoms with Crippen LogP contribution in [0.3, 0.4) is 0 Å². The third-order valence-electron chi connectivity index (χ3n) is 9.03. The van der Waals surface area contributed by atoms with Gasteiger partial charge in [-0.3, -0.25) is 4.79 Å². The molecule has 43 heavy (non-hydrogen) atoms. The van der Waals surface area contributed by atoms with Crippen molar-refractivity contribution in [3.63, 3.8) is 0 Å². The fourth-order valence-corrected chi connectivity index (χ4v) is 7.50. The van der Waals surface area contributed by atoms with E-state index in [0.29, 0.717) is 18.5 Å². The molecule has 1 heterocycles. The highest BCUT2D eigenvalue weighted by molar-refractivity contribution is 7.89. The van der Waals surface area contributed by atoms with Crippen molar-refractivity contribution in [3.05, 3.63) is 113 Å². The second-order valence-electron chi connectivity index (χ2n) is 12.6. The fourth-order valence-electron chi connectivity index (χ4n) is 6.25. The molecule has 224 valence electrons. The van der Waals surface area contributed by atoms with Gasteiger partial charge in [-0.2, -0.15) is 0 Å². The van der Waals surface area contributed by atoms with Crippen LogP contribution in [0.4, 0.5) is 10.1 Å².